The fraction of sp³-hybridized carbons (Fsp3) is 0.591. The number of piperidine rings is 1. The summed E-state index contributed by atoms with van der Waals surface area (Å²) in [5.74, 6) is 0.210. The van der Waals surface area contributed by atoms with Crippen LogP contribution in [0.4, 0.5) is 5.69 Å². The van der Waals surface area contributed by atoms with Gasteiger partial charge in [-0.25, -0.2) is 0 Å². The van der Waals surface area contributed by atoms with Gasteiger partial charge in [0.2, 0.25) is 5.91 Å². The molecule has 1 spiro atoms. The van der Waals surface area contributed by atoms with Gasteiger partial charge >= 0.3 is 0 Å². The minimum absolute atomic E-state index is 0.0109. The smallest absolute Gasteiger partial charge is 0.224 e. The van der Waals surface area contributed by atoms with Crippen LogP contribution in [0.2, 0.25) is 0 Å². The fourth-order valence-electron chi connectivity index (χ4n) is 7.23. The van der Waals surface area contributed by atoms with Crippen LogP contribution in [-0.2, 0) is 14.9 Å². The van der Waals surface area contributed by atoms with E-state index in [0.29, 0.717) is 18.0 Å². The Balaban J connectivity index is 1.65. The lowest BCUT2D eigenvalue weighted by Gasteiger charge is -2.56. The third-order valence-electron chi connectivity index (χ3n) is 8.18. The Hall–Kier alpha value is -2.09. The monoisotopic (exact) mass is 398 g/mol. The molecule has 2 bridgehead atoms. The summed E-state index contributed by atoms with van der Waals surface area (Å²) in [6.07, 6.45) is 3.03. The molecular weight excluding hydrogens is 372 g/mol. The number of carbonyl (C=O) groups excluding carboxylic acids is 1. The molecule has 154 valence electrons. The van der Waals surface area contributed by atoms with E-state index in [1.54, 1.807) is 17.9 Å². The Morgan fingerprint density at radius 1 is 1.38 bits per heavy atom. The number of aliphatic hydroxyl groups is 1. The summed E-state index contributed by atoms with van der Waals surface area (Å²) in [4.78, 5) is 17.2. The van der Waals surface area contributed by atoms with E-state index in [2.05, 4.69) is 11.0 Å². The Kier molecular flexibility index (Phi) is 3.51. The number of amides is 1. The highest BCUT2D eigenvalue weighted by Gasteiger charge is 2.69. The maximum absolute atomic E-state index is 13.0. The SMILES string of the molecule is COc1ccc2c(c1O)N(C(C)=O)[C@@H]1[C@@H]3[C@@H](O)OCC=C4CN5CC[C@]21[C@@H]5C[C@@H]43. The normalized spacial score (nSPS) is 39.5. The number of hydrogen-bond donors (Lipinski definition) is 2. The summed E-state index contributed by atoms with van der Waals surface area (Å²) in [6, 6.07) is 3.85. The molecule has 2 saturated heterocycles. The summed E-state index contributed by atoms with van der Waals surface area (Å²) in [7, 11) is 1.52. The lowest BCUT2D eigenvalue weighted by atomic mass is 9.55. The molecule has 1 saturated carbocycles. The third kappa shape index (κ3) is 1.96. The molecule has 2 N–H and O–H groups in total. The lowest BCUT2D eigenvalue weighted by molar-refractivity contribution is -0.156. The number of nitrogens with zero attached hydrogens (tertiary/aromatic N) is 2. The Labute approximate surface area is 169 Å². The minimum atomic E-state index is -0.941. The minimum Gasteiger partial charge on any atom is -0.503 e. The second-order valence-electron chi connectivity index (χ2n) is 9.05. The number of fused-ring (bicyclic) bond motifs is 2. The van der Waals surface area contributed by atoms with Crippen molar-refractivity contribution in [1.29, 1.82) is 0 Å². The predicted molar refractivity (Wildman–Crippen MR) is 105 cm³/mol. The first-order valence-corrected chi connectivity index (χ1v) is 10.4. The van der Waals surface area contributed by atoms with E-state index in [1.165, 1.54) is 12.7 Å². The summed E-state index contributed by atoms with van der Waals surface area (Å²) in [5, 5.41) is 22.1. The Morgan fingerprint density at radius 2 is 2.21 bits per heavy atom. The van der Waals surface area contributed by atoms with E-state index >= 15 is 0 Å². The van der Waals surface area contributed by atoms with Gasteiger partial charge in [-0.05, 0) is 36.9 Å². The van der Waals surface area contributed by atoms with Gasteiger partial charge in [-0.3, -0.25) is 9.69 Å². The molecule has 1 aromatic carbocycles. The van der Waals surface area contributed by atoms with Crippen molar-refractivity contribution in [2.45, 2.75) is 43.6 Å². The quantitative estimate of drug-likeness (QED) is 0.696. The van der Waals surface area contributed by atoms with Gasteiger partial charge in [0.1, 0.15) is 0 Å². The van der Waals surface area contributed by atoms with E-state index in [1.807, 2.05) is 6.07 Å². The van der Waals surface area contributed by atoms with Gasteiger partial charge in [0, 0.05) is 30.8 Å². The first-order chi connectivity index (χ1) is 14.0. The number of carbonyl (C=O) groups is 1. The molecule has 1 aromatic rings. The van der Waals surface area contributed by atoms with Gasteiger partial charge in [0.05, 0.1) is 25.4 Å². The zero-order valence-electron chi connectivity index (χ0n) is 16.7. The predicted octanol–water partition coefficient (Wildman–Crippen LogP) is 1.37. The summed E-state index contributed by atoms with van der Waals surface area (Å²) in [5.41, 5.74) is 2.56. The second-order valence-corrected chi connectivity index (χ2v) is 9.05. The number of phenolic OH excluding ortho intramolecular Hbond substituents is 1. The molecule has 0 radical (unpaired) electrons. The van der Waals surface area contributed by atoms with Crippen molar-refractivity contribution in [2.24, 2.45) is 11.8 Å². The van der Waals surface area contributed by atoms with Gasteiger partial charge in [-0.2, -0.15) is 0 Å². The van der Waals surface area contributed by atoms with E-state index in [0.717, 1.165) is 31.5 Å². The van der Waals surface area contributed by atoms with Gasteiger partial charge in [0.25, 0.3) is 0 Å². The molecule has 0 unspecified atom stereocenters. The number of hydrogen-bond acceptors (Lipinski definition) is 6. The average Bonchev–Trinajstić information content (AvgIpc) is 3.17. The van der Waals surface area contributed by atoms with Crippen molar-refractivity contribution < 1.29 is 24.5 Å². The van der Waals surface area contributed by atoms with Crippen molar-refractivity contribution in [3.63, 3.8) is 0 Å². The zero-order chi connectivity index (χ0) is 20.1. The van der Waals surface area contributed by atoms with Crippen LogP contribution >= 0.6 is 0 Å². The molecule has 7 nitrogen and oxygen atoms in total. The van der Waals surface area contributed by atoms with Crippen LogP contribution in [0.1, 0.15) is 25.3 Å². The van der Waals surface area contributed by atoms with E-state index in [4.69, 9.17) is 9.47 Å². The van der Waals surface area contributed by atoms with Crippen molar-refractivity contribution in [1.82, 2.24) is 4.90 Å². The molecule has 7 heteroatoms. The summed E-state index contributed by atoms with van der Waals surface area (Å²) >= 11 is 0. The fourth-order valence-corrected chi connectivity index (χ4v) is 7.23. The molecule has 1 aliphatic carbocycles. The maximum atomic E-state index is 13.0. The van der Waals surface area contributed by atoms with Crippen molar-refractivity contribution in [3.8, 4) is 11.5 Å². The zero-order valence-corrected chi connectivity index (χ0v) is 16.7. The van der Waals surface area contributed by atoms with E-state index in [9.17, 15) is 15.0 Å². The second kappa shape index (κ2) is 5.74. The van der Waals surface area contributed by atoms with Crippen LogP contribution < -0.4 is 9.64 Å². The Morgan fingerprint density at radius 3 is 2.97 bits per heavy atom. The van der Waals surface area contributed by atoms with Crippen LogP contribution in [0, 0.1) is 11.8 Å². The largest absolute Gasteiger partial charge is 0.503 e. The number of aromatic hydroxyl groups is 1. The number of anilines is 1. The first kappa shape index (κ1) is 17.7. The van der Waals surface area contributed by atoms with Crippen LogP contribution in [0.5, 0.6) is 11.5 Å². The van der Waals surface area contributed by atoms with Crippen molar-refractivity contribution in [2.75, 3.05) is 31.7 Å². The van der Waals surface area contributed by atoms with Gasteiger partial charge < -0.3 is 24.6 Å². The molecule has 3 fully saturated rings. The highest BCUT2D eigenvalue weighted by Crippen LogP contribution is 2.66. The molecule has 4 aliphatic heterocycles. The topological polar surface area (TPSA) is 82.5 Å². The molecule has 29 heavy (non-hydrogen) atoms. The average molecular weight is 398 g/mol. The third-order valence-corrected chi connectivity index (χ3v) is 8.18. The van der Waals surface area contributed by atoms with Crippen molar-refractivity contribution >= 4 is 11.6 Å². The molecular formula is C22H26N2O5. The standard InChI is InChI=1S/C22H26N2O5/c1-11(25)24-18-14(3-4-15(28-2)19(18)26)22-6-7-23-10-12-5-8-29-21(27)17(20(22)24)13(12)9-16(22)23/h3-5,13,16-17,20-21,26-27H,6-10H2,1-2H3/t13-,16-,17+,20+,21-,22+/m0/s1. The molecule has 1 amide bonds. The van der Waals surface area contributed by atoms with E-state index < -0.39 is 6.29 Å². The molecule has 6 rings (SSSR count). The number of rotatable bonds is 1. The highest BCUT2D eigenvalue weighted by molar-refractivity contribution is 5.99. The van der Waals surface area contributed by atoms with Gasteiger partial charge in [0.15, 0.2) is 17.8 Å². The number of methoxy groups -OCH3 is 1. The van der Waals surface area contributed by atoms with Crippen LogP contribution in [0.3, 0.4) is 0 Å². The number of aliphatic hydroxyl groups excluding tert-OH is 1. The van der Waals surface area contributed by atoms with E-state index in [-0.39, 0.29) is 41.0 Å². The number of phenols is 1. The lowest BCUT2D eigenvalue weighted by Crippen LogP contribution is -2.66. The van der Waals surface area contributed by atoms with Crippen LogP contribution in [0.15, 0.2) is 23.8 Å². The van der Waals surface area contributed by atoms with Gasteiger partial charge in [-0.1, -0.05) is 17.7 Å². The molecule has 6 atom stereocenters. The number of benzene rings is 1. The number of ether oxygens (including phenoxy) is 2. The first-order valence-electron chi connectivity index (χ1n) is 10.4. The van der Waals surface area contributed by atoms with Crippen LogP contribution in [-0.4, -0.2) is 66.2 Å². The Bertz CT molecular complexity index is 945. The van der Waals surface area contributed by atoms with Crippen molar-refractivity contribution in [3.05, 3.63) is 29.3 Å². The molecule has 0 aromatic heterocycles. The molecule has 4 heterocycles. The maximum Gasteiger partial charge on any atom is 0.224 e. The highest BCUT2D eigenvalue weighted by atomic mass is 16.6. The summed E-state index contributed by atoms with van der Waals surface area (Å²) < 4.78 is 11.1. The summed E-state index contributed by atoms with van der Waals surface area (Å²) in [6.45, 7) is 3.79. The van der Waals surface area contributed by atoms with Gasteiger partial charge in [-0.15, -0.1) is 0 Å². The molecule has 5 aliphatic rings. The van der Waals surface area contributed by atoms with Crippen LogP contribution in [0.25, 0.3) is 0 Å².